The van der Waals surface area contributed by atoms with Gasteiger partial charge in [0, 0.05) is 23.8 Å². The van der Waals surface area contributed by atoms with Gasteiger partial charge in [0.15, 0.2) is 0 Å². The normalized spacial score (nSPS) is 41.9. The van der Waals surface area contributed by atoms with Crippen LogP contribution < -0.4 is 5.32 Å². The summed E-state index contributed by atoms with van der Waals surface area (Å²) in [6.45, 7) is 5.29. The topological polar surface area (TPSA) is 24.9 Å². The van der Waals surface area contributed by atoms with E-state index in [1.54, 1.807) is 5.57 Å². The van der Waals surface area contributed by atoms with E-state index >= 15 is 0 Å². The minimum Gasteiger partial charge on any atom is -0.317 e. The molecule has 1 aromatic carbocycles. The predicted molar refractivity (Wildman–Crippen MR) is 130 cm³/mol. The summed E-state index contributed by atoms with van der Waals surface area (Å²) >= 11 is 0. The standard InChI is InChI=1S/C29H38N2/c1-28-13-10-23(30-3)17-22(28)6-7-24-26-9-8-25(29(26,2)14-11-27(24)28)20-5-4-19-12-15-31-18-21(19)16-20/h4-5,8,12,15-16,18,22-24,26-27,30H,6-7,9-11,13-14,17H2,1-3H3/t22?,23-,24-,26-,27?,28-,29+/m0/s1. The Morgan fingerprint density at radius 3 is 2.74 bits per heavy atom. The van der Waals surface area contributed by atoms with Crippen LogP contribution in [0.1, 0.15) is 70.8 Å². The highest BCUT2D eigenvalue weighted by molar-refractivity contribution is 5.86. The molecule has 31 heavy (non-hydrogen) atoms. The molecule has 0 radical (unpaired) electrons. The van der Waals surface area contributed by atoms with E-state index < -0.39 is 0 Å². The predicted octanol–water partition coefficient (Wildman–Crippen LogP) is 6.86. The first-order chi connectivity index (χ1) is 15.0. The number of hydrogen-bond acceptors (Lipinski definition) is 2. The molecule has 2 heteroatoms. The Balaban J connectivity index is 1.29. The van der Waals surface area contributed by atoms with Gasteiger partial charge >= 0.3 is 0 Å². The summed E-state index contributed by atoms with van der Waals surface area (Å²) in [4.78, 5) is 4.37. The molecule has 0 saturated heterocycles. The molecule has 4 aliphatic carbocycles. The van der Waals surface area contributed by atoms with Crippen molar-refractivity contribution in [2.45, 2.75) is 71.3 Å². The van der Waals surface area contributed by atoms with E-state index in [1.165, 1.54) is 67.7 Å². The van der Waals surface area contributed by atoms with Gasteiger partial charge in [-0.25, -0.2) is 0 Å². The third kappa shape index (κ3) is 2.90. The van der Waals surface area contributed by atoms with Crippen molar-refractivity contribution < 1.29 is 0 Å². The number of nitrogens with one attached hydrogen (secondary N) is 1. The number of rotatable bonds is 2. The fraction of sp³-hybridized carbons (Fsp3) is 0.621. The number of pyridine rings is 1. The van der Waals surface area contributed by atoms with Crippen LogP contribution in [-0.4, -0.2) is 18.1 Å². The molecule has 6 rings (SSSR count). The van der Waals surface area contributed by atoms with E-state index in [1.807, 2.05) is 12.4 Å². The molecule has 0 aliphatic heterocycles. The van der Waals surface area contributed by atoms with Crippen molar-refractivity contribution in [3.63, 3.8) is 0 Å². The number of aromatic nitrogens is 1. The largest absolute Gasteiger partial charge is 0.317 e. The SMILES string of the molecule is CN[C@H]1CC[C@@]2(C)C(CC[C@@H]3C2CC[C@]2(C)C(c4ccc5ccncc5c4)=CC[C@@H]32)C1. The smallest absolute Gasteiger partial charge is 0.0346 e. The van der Waals surface area contributed by atoms with E-state index in [4.69, 9.17) is 0 Å². The highest BCUT2D eigenvalue weighted by Crippen LogP contribution is 2.67. The van der Waals surface area contributed by atoms with Crippen molar-refractivity contribution in [3.8, 4) is 0 Å². The summed E-state index contributed by atoms with van der Waals surface area (Å²) in [7, 11) is 2.17. The molecule has 0 bridgehead atoms. The first-order valence-corrected chi connectivity index (χ1v) is 12.7. The molecule has 164 valence electrons. The summed E-state index contributed by atoms with van der Waals surface area (Å²) in [6, 6.07) is 9.93. The van der Waals surface area contributed by atoms with Gasteiger partial charge in [0.25, 0.3) is 0 Å². The average Bonchev–Trinajstić information content (AvgIpc) is 3.15. The Kier molecular flexibility index (Phi) is 4.62. The second-order valence-electron chi connectivity index (χ2n) is 11.7. The molecule has 2 aromatic rings. The van der Waals surface area contributed by atoms with E-state index in [0.717, 1.165) is 29.7 Å². The maximum absolute atomic E-state index is 4.37. The third-order valence-electron chi connectivity index (χ3n) is 10.6. The molecular formula is C29H38N2. The second-order valence-corrected chi connectivity index (χ2v) is 11.7. The van der Waals surface area contributed by atoms with Gasteiger partial charge < -0.3 is 5.32 Å². The second kappa shape index (κ2) is 7.17. The number of nitrogens with zero attached hydrogens (tertiary/aromatic N) is 1. The lowest BCUT2D eigenvalue weighted by Gasteiger charge is -2.61. The van der Waals surface area contributed by atoms with Crippen molar-refractivity contribution in [1.29, 1.82) is 0 Å². The van der Waals surface area contributed by atoms with Crippen LogP contribution in [0.5, 0.6) is 0 Å². The number of benzene rings is 1. The van der Waals surface area contributed by atoms with Gasteiger partial charge in [-0.05, 0) is 122 Å². The molecule has 2 nitrogen and oxygen atoms in total. The van der Waals surface area contributed by atoms with Gasteiger partial charge in [-0.2, -0.15) is 0 Å². The monoisotopic (exact) mass is 414 g/mol. The van der Waals surface area contributed by atoms with E-state index in [0.29, 0.717) is 10.8 Å². The molecule has 0 amide bonds. The van der Waals surface area contributed by atoms with Crippen molar-refractivity contribution in [3.05, 3.63) is 48.3 Å². The van der Waals surface area contributed by atoms with Crippen LogP contribution in [0.2, 0.25) is 0 Å². The molecule has 3 fully saturated rings. The van der Waals surface area contributed by atoms with Crippen LogP contribution >= 0.6 is 0 Å². The van der Waals surface area contributed by atoms with Crippen molar-refractivity contribution in [2.24, 2.45) is 34.5 Å². The van der Waals surface area contributed by atoms with Crippen LogP contribution in [-0.2, 0) is 0 Å². The zero-order valence-corrected chi connectivity index (χ0v) is 19.5. The van der Waals surface area contributed by atoms with Crippen LogP contribution in [0.15, 0.2) is 42.7 Å². The molecule has 1 N–H and O–H groups in total. The summed E-state index contributed by atoms with van der Waals surface area (Å²) in [5.74, 6) is 3.63. The summed E-state index contributed by atoms with van der Waals surface area (Å²) in [5.41, 5.74) is 4.00. The first kappa shape index (κ1) is 20.0. The minimum atomic E-state index is 0.350. The zero-order valence-electron chi connectivity index (χ0n) is 19.5. The molecule has 4 aliphatic rings. The maximum atomic E-state index is 4.37. The van der Waals surface area contributed by atoms with E-state index in [-0.39, 0.29) is 0 Å². The average molecular weight is 415 g/mol. The molecule has 2 unspecified atom stereocenters. The lowest BCUT2D eigenvalue weighted by molar-refractivity contribution is -0.0996. The van der Waals surface area contributed by atoms with Crippen LogP contribution in [0, 0.1) is 34.5 Å². The van der Waals surface area contributed by atoms with Crippen molar-refractivity contribution >= 4 is 16.3 Å². The fourth-order valence-electron chi connectivity index (χ4n) is 8.79. The minimum absolute atomic E-state index is 0.350. The molecule has 0 spiro atoms. The Morgan fingerprint density at radius 2 is 1.87 bits per heavy atom. The van der Waals surface area contributed by atoms with Crippen molar-refractivity contribution in [1.82, 2.24) is 10.3 Å². The molecule has 1 heterocycles. The molecule has 3 saturated carbocycles. The van der Waals surface area contributed by atoms with Gasteiger partial charge in [0.05, 0.1) is 0 Å². The molecule has 7 atom stereocenters. The Bertz CT molecular complexity index is 1020. The number of allylic oxidation sites excluding steroid dienone is 2. The molecule has 1 aromatic heterocycles. The molecular weight excluding hydrogens is 376 g/mol. The Labute approximate surface area is 187 Å². The maximum Gasteiger partial charge on any atom is 0.0346 e. The fourth-order valence-corrected chi connectivity index (χ4v) is 8.79. The third-order valence-corrected chi connectivity index (χ3v) is 10.6. The highest BCUT2D eigenvalue weighted by atomic mass is 14.9. The van der Waals surface area contributed by atoms with Gasteiger partial charge in [0.2, 0.25) is 0 Å². The Morgan fingerprint density at radius 1 is 0.968 bits per heavy atom. The quantitative estimate of drug-likeness (QED) is 0.581. The van der Waals surface area contributed by atoms with Gasteiger partial charge in [-0.15, -0.1) is 0 Å². The van der Waals surface area contributed by atoms with E-state index in [2.05, 4.69) is 61.5 Å². The van der Waals surface area contributed by atoms with Gasteiger partial charge in [0.1, 0.15) is 0 Å². The van der Waals surface area contributed by atoms with E-state index in [9.17, 15) is 0 Å². The van der Waals surface area contributed by atoms with Crippen LogP contribution in [0.4, 0.5) is 0 Å². The highest BCUT2D eigenvalue weighted by Gasteiger charge is 2.58. The first-order valence-electron chi connectivity index (χ1n) is 12.7. The van der Waals surface area contributed by atoms with Crippen LogP contribution in [0.25, 0.3) is 16.3 Å². The van der Waals surface area contributed by atoms with Crippen molar-refractivity contribution in [2.75, 3.05) is 7.05 Å². The van der Waals surface area contributed by atoms with Gasteiger partial charge in [-0.1, -0.05) is 32.1 Å². The summed E-state index contributed by atoms with van der Waals surface area (Å²) in [6.07, 6.45) is 17.8. The summed E-state index contributed by atoms with van der Waals surface area (Å²) < 4.78 is 0. The van der Waals surface area contributed by atoms with Crippen LogP contribution in [0.3, 0.4) is 0 Å². The summed E-state index contributed by atoms with van der Waals surface area (Å²) in [5, 5.41) is 6.16. The zero-order chi connectivity index (χ0) is 21.2. The Hall–Kier alpha value is -1.67. The number of fused-ring (bicyclic) bond motifs is 6. The van der Waals surface area contributed by atoms with Gasteiger partial charge in [-0.3, -0.25) is 4.98 Å². The number of hydrogen-bond donors (Lipinski definition) is 1. The lowest BCUT2D eigenvalue weighted by atomic mass is 9.44. The lowest BCUT2D eigenvalue weighted by Crippen LogP contribution is -2.54.